The summed E-state index contributed by atoms with van der Waals surface area (Å²) in [6.45, 7) is 2.56. The normalized spacial score (nSPS) is 23.1. The SMILES string of the molecule is CCOC(=O)c1cn(C2CC2)c2c3c(c(F)cc2c1=O)N1CC[C@H](N)[C@H]1CC=C3. The summed E-state index contributed by atoms with van der Waals surface area (Å²) < 4.78 is 22.4. The number of nitrogens with zero attached hydrogens (tertiary/aromatic N) is 2. The highest BCUT2D eigenvalue weighted by Crippen LogP contribution is 2.43. The third kappa shape index (κ3) is 2.79. The third-order valence-corrected chi connectivity index (χ3v) is 6.26. The molecule has 0 spiro atoms. The maximum Gasteiger partial charge on any atom is 0.343 e. The highest BCUT2D eigenvalue weighted by Gasteiger charge is 2.37. The van der Waals surface area contributed by atoms with Gasteiger partial charge in [0.25, 0.3) is 0 Å². The van der Waals surface area contributed by atoms with E-state index in [1.807, 2.05) is 16.7 Å². The Hall–Kier alpha value is -2.67. The molecule has 1 saturated heterocycles. The summed E-state index contributed by atoms with van der Waals surface area (Å²) in [5.41, 5.74) is 7.66. The summed E-state index contributed by atoms with van der Waals surface area (Å²) in [5, 5.41) is 0.227. The zero-order chi connectivity index (χ0) is 20.3. The molecule has 3 heterocycles. The van der Waals surface area contributed by atoms with Gasteiger partial charge in [0.1, 0.15) is 11.4 Å². The topological polar surface area (TPSA) is 77.6 Å². The molecule has 1 aromatic heterocycles. The van der Waals surface area contributed by atoms with Crippen molar-refractivity contribution in [1.29, 1.82) is 0 Å². The average molecular weight is 397 g/mol. The highest BCUT2D eigenvalue weighted by molar-refractivity contribution is 5.99. The molecule has 1 aromatic carbocycles. The van der Waals surface area contributed by atoms with Crippen molar-refractivity contribution in [2.24, 2.45) is 5.73 Å². The summed E-state index contributed by atoms with van der Waals surface area (Å²) >= 11 is 0. The number of ether oxygens (including phenoxy) is 1. The molecule has 152 valence electrons. The Morgan fingerprint density at radius 3 is 2.86 bits per heavy atom. The van der Waals surface area contributed by atoms with Gasteiger partial charge in [0.2, 0.25) is 5.43 Å². The van der Waals surface area contributed by atoms with Crippen LogP contribution in [0.4, 0.5) is 10.1 Å². The van der Waals surface area contributed by atoms with Gasteiger partial charge in [-0.1, -0.05) is 12.2 Å². The predicted molar refractivity (Wildman–Crippen MR) is 110 cm³/mol. The molecule has 2 N–H and O–H groups in total. The summed E-state index contributed by atoms with van der Waals surface area (Å²) in [6.07, 6.45) is 9.02. The summed E-state index contributed by atoms with van der Waals surface area (Å²) in [6, 6.07) is 1.55. The average Bonchev–Trinajstić information content (AvgIpc) is 3.49. The van der Waals surface area contributed by atoms with Crippen LogP contribution < -0.4 is 16.1 Å². The first-order chi connectivity index (χ1) is 14.0. The van der Waals surface area contributed by atoms with Gasteiger partial charge in [0, 0.05) is 36.4 Å². The molecule has 2 fully saturated rings. The molecule has 3 aliphatic rings. The van der Waals surface area contributed by atoms with Crippen molar-refractivity contribution in [3.63, 3.8) is 0 Å². The van der Waals surface area contributed by atoms with E-state index in [0.717, 1.165) is 25.7 Å². The van der Waals surface area contributed by atoms with Crippen molar-refractivity contribution >= 4 is 28.6 Å². The zero-order valence-electron chi connectivity index (χ0n) is 16.4. The van der Waals surface area contributed by atoms with Gasteiger partial charge in [0.15, 0.2) is 0 Å². The lowest BCUT2D eigenvalue weighted by Gasteiger charge is -2.29. The minimum atomic E-state index is -0.662. The van der Waals surface area contributed by atoms with Crippen LogP contribution in [0.2, 0.25) is 0 Å². The molecule has 29 heavy (non-hydrogen) atoms. The molecule has 2 aromatic rings. The van der Waals surface area contributed by atoms with Crippen molar-refractivity contribution in [1.82, 2.24) is 4.57 Å². The minimum Gasteiger partial charge on any atom is -0.462 e. The van der Waals surface area contributed by atoms with Crippen LogP contribution in [0.5, 0.6) is 0 Å². The van der Waals surface area contributed by atoms with Crippen molar-refractivity contribution < 1.29 is 13.9 Å². The molecule has 0 bridgehead atoms. The van der Waals surface area contributed by atoms with Crippen molar-refractivity contribution in [2.75, 3.05) is 18.1 Å². The summed E-state index contributed by atoms with van der Waals surface area (Å²) in [4.78, 5) is 27.5. The Balaban J connectivity index is 1.82. The molecule has 2 atom stereocenters. The molecule has 0 amide bonds. The molecule has 1 saturated carbocycles. The predicted octanol–water partition coefficient (Wildman–Crippen LogP) is 2.98. The van der Waals surface area contributed by atoms with Crippen LogP contribution in [0.3, 0.4) is 0 Å². The van der Waals surface area contributed by atoms with Gasteiger partial charge in [-0.2, -0.15) is 0 Å². The second kappa shape index (κ2) is 6.69. The lowest BCUT2D eigenvalue weighted by atomic mass is 10.0. The van der Waals surface area contributed by atoms with Crippen LogP contribution in [0.25, 0.3) is 17.0 Å². The van der Waals surface area contributed by atoms with E-state index in [9.17, 15) is 9.59 Å². The first-order valence-corrected chi connectivity index (χ1v) is 10.3. The number of fused-ring (bicyclic) bond motifs is 5. The first kappa shape index (κ1) is 18.4. The van der Waals surface area contributed by atoms with Crippen LogP contribution in [0.15, 0.2) is 23.1 Å². The standard InChI is InChI=1S/C22H24FN3O3/c1-2-29-22(28)15-11-26(12-6-7-12)19-13-4-3-5-18-17(24)8-9-25(18)20(13)16(23)10-14(19)21(15)27/h3-4,10-12,17-18H,2,5-9,24H2,1H3/t17-,18+/m0/s1. The van der Waals surface area contributed by atoms with E-state index in [-0.39, 0.29) is 35.7 Å². The maximum absolute atomic E-state index is 15.4. The summed E-state index contributed by atoms with van der Waals surface area (Å²) in [5.74, 6) is -1.11. The van der Waals surface area contributed by atoms with E-state index in [2.05, 4.69) is 4.90 Å². The lowest BCUT2D eigenvalue weighted by molar-refractivity contribution is 0.0524. The van der Waals surface area contributed by atoms with Crippen LogP contribution in [-0.4, -0.2) is 35.8 Å². The molecule has 5 rings (SSSR count). The fraction of sp³-hybridized carbons (Fsp3) is 0.455. The smallest absolute Gasteiger partial charge is 0.343 e. The van der Waals surface area contributed by atoms with Crippen molar-refractivity contribution in [2.45, 2.75) is 50.7 Å². The molecule has 1 aliphatic carbocycles. The molecule has 7 heteroatoms. The van der Waals surface area contributed by atoms with Crippen molar-refractivity contribution in [3.05, 3.63) is 45.5 Å². The maximum atomic E-state index is 15.4. The fourth-order valence-corrected chi connectivity index (χ4v) is 4.74. The van der Waals surface area contributed by atoms with Crippen LogP contribution >= 0.6 is 0 Å². The number of hydrogen-bond donors (Lipinski definition) is 1. The number of benzene rings is 1. The molecule has 0 unspecified atom stereocenters. The number of carbonyl (C=O) groups is 1. The number of anilines is 1. The molecular formula is C22H24FN3O3. The largest absolute Gasteiger partial charge is 0.462 e. The van der Waals surface area contributed by atoms with Gasteiger partial charge in [-0.15, -0.1) is 0 Å². The van der Waals surface area contributed by atoms with E-state index in [1.165, 1.54) is 6.07 Å². The number of aromatic nitrogens is 1. The van der Waals surface area contributed by atoms with Crippen LogP contribution in [-0.2, 0) is 4.74 Å². The van der Waals surface area contributed by atoms with Gasteiger partial charge in [-0.3, -0.25) is 4.79 Å². The number of halogens is 1. The van der Waals surface area contributed by atoms with E-state index < -0.39 is 17.2 Å². The zero-order valence-corrected chi connectivity index (χ0v) is 16.4. The highest BCUT2D eigenvalue weighted by atomic mass is 19.1. The third-order valence-electron chi connectivity index (χ3n) is 6.26. The van der Waals surface area contributed by atoms with Gasteiger partial charge < -0.3 is 19.9 Å². The van der Waals surface area contributed by atoms with E-state index >= 15 is 4.39 Å². The number of rotatable bonds is 3. The second-order valence-corrected chi connectivity index (χ2v) is 8.10. The molecule has 6 nitrogen and oxygen atoms in total. The summed E-state index contributed by atoms with van der Waals surface area (Å²) in [7, 11) is 0. The van der Waals surface area contributed by atoms with E-state index in [4.69, 9.17) is 10.5 Å². The first-order valence-electron chi connectivity index (χ1n) is 10.3. The molecular weight excluding hydrogens is 373 g/mol. The van der Waals surface area contributed by atoms with Gasteiger partial charge in [-0.25, -0.2) is 9.18 Å². The Labute approximate surface area is 167 Å². The molecule has 0 radical (unpaired) electrons. The number of carbonyl (C=O) groups excluding carboxylic acids is 1. The van der Waals surface area contributed by atoms with E-state index in [0.29, 0.717) is 23.3 Å². The van der Waals surface area contributed by atoms with Crippen LogP contribution in [0, 0.1) is 5.82 Å². The molecule has 2 aliphatic heterocycles. The Morgan fingerprint density at radius 1 is 1.34 bits per heavy atom. The number of pyridine rings is 1. The van der Waals surface area contributed by atoms with Crippen molar-refractivity contribution in [3.8, 4) is 0 Å². The fourth-order valence-electron chi connectivity index (χ4n) is 4.74. The van der Waals surface area contributed by atoms with E-state index in [1.54, 1.807) is 13.1 Å². The van der Waals surface area contributed by atoms with Crippen LogP contribution in [0.1, 0.15) is 54.6 Å². The quantitative estimate of drug-likeness (QED) is 0.806. The number of hydrogen-bond acceptors (Lipinski definition) is 5. The van der Waals surface area contributed by atoms with Gasteiger partial charge in [0.05, 0.1) is 23.2 Å². The Morgan fingerprint density at radius 2 is 2.14 bits per heavy atom. The monoisotopic (exact) mass is 397 g/mol. The number of nitrogens with two attached hydrogens (primary N) is 1. The Bertz CT molecular complexity index is 1100. The number of esters is 1. The second-order valence-electron chi connectivity index (χ2n) is 8.10. The Kier molecular flexibility index (Phi) is 4.24. The van der Waals surface area contributed by atoms with Gasteiger partial charge >= 0.3 is 5.97 Å². The lowest BCUT2D eigenvalue weighted by Crippen LogP contribution is -2.39. The minimum absolute atomic E-state index is 0.00230. The van der Waals surface area contributed by atoms with Gasteiger partial charge in [-0.05, 0) is 38.7 Å².